The molecule has 2 N–H and O–H groups in total. The maximum absolute atomic E-state index is 11.3. The maximum atomic E-state index is 11.3. The van der Waals surface area contributed by atoms with Crippen molar-refractivity contribution in [3.63, 3.8) is 0 Å². The van der Waals surface area contributed by atoms with Crippen molar-refractivity contribution in [2.45, 2.75) is 19.3 Å². The molecule has 0 aromatic carbocycles. The largest absolute Gasteiger partial charge is 0.358 e. The second kappa shape index (κ2) is 7.41. The van der Waals surface area contributed by atoms with Crippen LogP contribution in [-0.2, 0) is 4.79 Å². The van der Waals surface area contributed by atoms with Gasteiger partial charge in [0.05, 0.1) is 6.54 Å². The molecule has 2 rings (SSSR count). The van der Waals surface area contributed by atoms with Crippen LogP contribution in [0.1, 0.15) is 19.3 Å². The first-order valence-electron chi connectivity index (χ1n) is 5.88. The molecule has 2 aliphatic heterocycles. The van der Waals surface area contributed by atoms with Gasteiger partial charge in [-0.1, -0.05) is 0 Å². The van der Waals surface area contributed by atoms with Gasteiger partial charge >= 0.3 is 0 Å². The van der Waals surface area contributed by atoms with Crippen molar-refractivity contribution in [3.05, 3.63) is 0 Å². The number of carbonyl (C=O) groups excluding carboxylic acids is 1. The Morgan fingerprint density at radius 2 is 1.94 bits per heavy atom. The van der Waals surface area contributed by atoms with Gasteiger partial charge < -0.3 is 10.6 Å². The van der Waals surface area contributed by atoms with Crippen LogP contribution in [0, 0.1) is 5.41 Å². The van der Waals surface area contributed by atoms with Crippen molar-refractivity contribution in [1.82, 2.24) is 15.5 Å². The van der Waals surface area contributed by atoms with Crippen molar-refractivity contribution in [2.75, 3.05) is 39.8 Å². The highest BCUT2D eigenvalue weighted by Gasteiger charge is 2.38. The summed E-state index contributed by atoms with van der Waals surface area (Å²) in [5, 5.41) is 6.10. The molecular weight excluding hydrogens is 261 g/mol. The van der Waals surface area contributed by atoms with Gasteiger partial charge in [0.1, 0.15) is 0 Å². The van der Waals surface area contributed by atoms with Crippen LogP contribution in [0.25, 0.3) is 0 Å². The lowest BCUT2D eigenvalue weighted by Gasteiger charge is -2.33. The second-order valence-electron chi connectivity index (χ2n) is 4.88. The molecule has 6 heteroatoms. The van der Waals surface area contributed by atoms with Crippen LogP contribution in [0.4, 0.5) is 0 Å². The smallest absolute Gasteiger partial charge is 0.233 e. The number of nitrogens with one attached hydrogen (secondary N) is 2. The van der Waals surface area contributed by atoms with E-state index in [4.69, 9.17) is 0 Å². The normalized spacial score (nSPS) is 22.6. The van der Waals surface area contributed by atoms with E-state index in [-0.39, 0.29) is 30.7 Å². The van der Waals surface area contributed by atoms with E-state index in [0.717, 1.165) is 26.2 Å². The van der Waals surface area contributed by atoms with E-state index in [9.17, 15) is 4.79 Å². The number of nitrogens with zero attached hydrogens (tertiary/aromatic N) is 1. The van der Waals surface area contributed by atoms with Gasteiger partial charge in [0.15, 0.2) is 0 Å². The zero-order valence-electron chi connectivity index (χ0n) is 10.3. The topological polar surface area (TPSA) is 44.4 Å². The third kappa shape index (κ3) is 4.28. The van der Waals surface area contributed by atoms with E-state index in [1.807, 2.05) is 0 Å². The lowest BCUT2D eigenvalue weighted by atomic mass is 9.78. The molecule has 102 valence electrons. The van der Waals surface area contributed by atoms with Gasteiger partial charge in [-0.15, -0.1) is 24.8 Å². The molecule has 0 atom stereocenters. The van der Waals surface area contributed by atoms with Gasteiger partial charge in [-0.05, 0) is 44.3 Å². The van der Waals surface area contributed by atoms with Gasteiger partial charge in [0.2, 0.25) is 5.91 Å². The third-order valence-corrected chi connectivity index (χ3v) is 3.83. The zero-order chi connectivity index (χ0) is 10.7. The number of amides is 1. The first-order valence-corrected chi connectivity index (χ1v) is 5.88. The van der Waals surface area contributed by atoms with Crippen molar-refractivity contribution >= 4 is 30.7 Å². The summed E-state index contributed by atoms with van der Waals surface area (Å²) in [6.07, 6.45) is 3.82. The van der Waals surface area contributed by atoms with Crippen molar-refractivity contribution < 1.29 is 4.79 Å². The quantitative estimate of drug-likeness (QED) is 0.782. The van der Waals surface area contributed by atoms with Gasteiger partial charge in [-0.25, -0.2) is 0 Å². The minimum atomic E-state index is 0. The predicted molar refractivity (Wildman–Crippen MR) is 74.2 cm³/mol. The molecule has 0 aromatic rings. The summed E-state index contributed by atoms with van der Waals surface area (Å²) < 4.78 is 0. The summed E-state index contributed by atoms with van der Waals surface area (Å²) in [4.78, 5) is 13.6. The minimum Gasteiger partial charge on any atom is -0.358 e. The summed E-state index contributed by atoms with van der Waals surface area (Å²) in [6.45, 7) is 5.07. The van der Waals surface area contributed by atoms with Crippen molar-refractivity contribution in [1.29, 1.82) is 0 Å². The van der Waals surface area contributed by atoms with E-state index < -0.39 is 0 Å². The number of hydrogen-bond donors (Lipinski definition) is 2. The fraction of sp³-hybridized carbons (Fsp3) is 0.909. The monoisotopic (exact) mass is 283 g/mol. The predicted octanol–water partition coefficient (Wildman–Crippen LogP) is 0.651. The molecule has 2 fully saturated rings. The molecule has 0 bridgehead atoms. The number of piperidine rings is 1. The van der Waals surface area contributed by atoms with Gasteiger partial charge in [0, 0.05) is 13.6 Å². The van der Waals surface area contributed by atoms with Crippen LogP contribution in [-0.4, -0.2) is 50.6 Å². The number of likely N-dealkylation sites (tertiary alicyclic amines) is 1. The highest BCUT2D eigenvalue weighted by Crippen LogP contribution is 2.38. The number of hydrogen-bond acceptors (Lipinski definition) is 3. The Labute approximate surface area is 116 Å². The summed E-state index contributed by atoms with van der Waals surface area (Å²) in [5.41, 5.74) is 0.513. The molecule has 0 radical (unpaired) electrons. The second-order valence-corrected chi connectivity index (χ2v) is 4.88. The maximum Gasteiger partial charge on any atom is 0.233 e. The molecule has 0 aliphatic carbocycles. The first kappa shape index (κ1) is 17.0. The highest BCUT2D eigenvalue weighted by molar-refractivity contribution is 5.85. The van der Waals surface area contributed by atoms with Gasteiger partial charge in [-0.2, -0.15) is 0 Å². The highest BCUT2D eigenvalue weighted by atomic mass is 35.5. The van der Waals surface area contributed by atoms with Gasteiger partial charge in [-0.3, -0.25) is 9.69 Å². The summed E-state index contributed by atoms with van der Waals surface area (Å²) in [6, 6.07) is 0. The van der Waals surface area contributed by atoms with E-state index in [0.29, 0.717) is 12.0 Å². The molecule has 0 saturated carbocycles. The zero-order valence-corrected chi connectivity index (χ0v) is 12.0. The number of carbonyl (C=O) groups is 1. The number of halogens is 2. The van der Waals surface area contributed by atoms with Crippen molar-refractivity contribution in [3.8, 4) is 0 Å². The first-order chi connectivity index (χ1) is 7.24. The van der Waals surface area contributed by atoms with Crippen molar-refractivity contribution in [2.24, 2.45) is 5.41 Å². The summed E-state index contributed by atoms with van der Waals surface area (Å²) in [5.74, 6) is 0.140. The molecule has 2 heterocycles. The summed E-state index contributed by atoms with van der Waals surface area (Å²) >= 11 is 0. The van der Waals surface area contributed by atoms with Crippen LogP contribution in [0.15, 0.2) is 0 Å². The molecule has 1 amide bonds. The van der Waals surface area contributed by atoms with Crippen LogP contribution in [0.5, 0.6) is 0 Å². The Morgan fingerprint density at radius 1 is 1.29 bits per heavy atom. The minimum absolute atomic E-state index is 0. The molecule has 2 saturated heterocycles. The molecule has 0 unspecified atom stereocenters. The molecule has 4 nitrogen and oxygen atoms in total. The Bertz CT molecular complexity index is 245. The summed E-state index contributed by atoms with van der Waals surface area (Å²) in [7, 11) is 1.71. The molecular formula is C11H23Cl2N3O. The Kier molecular flexibility index (Phi) is 7.40. The fourth-order valence-electron chi connectivity index (χ4n) is 2.81. The third-order valence-electron chi connectivity index (χ3n) is 3.83. The lowest BCUT2D eigenvalue weighted by Crippen LogP contribution is -2.40. The number of rotatable bonds is 2. The SMILES string of the molecule is CNC(=O)CN1CCC2(CCNCC2)C1.Cl.Cl. The van der Waals surface area contributed by atoms with Crippen LogP contribution < -0.4 is 10.6 Å². The Balaban J connectivity index is 0.00000128. The van der Waals surface area contributed by atoms with Crippen LogP contribution in [0.3, 0.4) is 0 Å². The molecule has 1 spiro atoms. The van der Waals surface area contributed by atoms with Gasteiger partial charge in [0.25, 0.3) is 0 Å². The average molecular weight is 284 g/mol. The Morgan fingerprint density at radius 3 is 2.53 bits per heavy atom. The molecule has 0 aromatic heterocycles. The molecule has 2 aliphatic rings. The average Bonchev–Trinajstić information content (AvgIpc) is 2.62. The fourth-order valence-corrected chi connectivity index (χ4v) is 2.81. The molecule has 17 heavy (non-hydrogen) atoms. The lowest BCUT2D eigenvalue weighted by molar-refractivity contribution is -0.121. The standard InChI is InChI=1S/C11H21N3O.2ClH/c1-12-10(15)8-14-7-4-11(9-14)2-5-13-6-3-11;;/h13H,2-9H2,1H3,(H,12,15);2*1H. The number of likely N-dealkylation sites (N-methyl/N-ethyl adjacent to an activating group) is 1. The van der Waals surface area contributed by atoms with E-state index in [1.54, 1.807) is 7.05 Å². The van der Waals surface area contributed by atoms with E-state index in [2.05, 4.69) is 15.5 Å². The van der Waals surface area contributed by atoms with Crippen LogP contribution >= 0.6 is 24.8 Å². The Hall–Kier alpha value is -0.0300. The van der Waals surface area contributed by atoms with E-state index >= 15 is 0 Å². The van der Waals surface area contributed by atoms with E-state index in [1.165, 1.54) is 19.3 Å². The van der Waals surface area contributed by atoms with Crippen LogP contribution in [0.2, 0.25) is 0 Å².